The molecule has 1 atom stereocenters. The van der Waals surface area contributed by atoms with Crippen molar-refractivity contribution in [1.29, 1.82) is 0 Å². The minimum absolute atomic E-state index is 0.0271. The van der Waals surface area contributed by atoms with Gasteiger partial charge in [0, 0.05) is 24.5 Å². The number of carbonyl (C=O) groups excluding carboxylic acids is 1. The molecule has 1 aromatic carbocycles. The van der Waals surface area contributed by atoms with E-state index in [-0.39, 0.29) is 28.3 Å². The molecule has 0 bridgehead atoms. The number of amides is 1. The van der Waals surface area contributed by atoms with Crippen LogP contribution in [0.3, 0.4) is 0 Å². The van der Waals surface area contributed by atoms with Crippen molar-refractivity contribution in [2.75, 3.05) is 18.4 Å². The molecule has 154 valence electrons. The van der Waals surface area contributed by atoms with Crippen LogP contribution in [0.15, 0.2) is 35.3 Å². The predicted octanol–water partition coefficient (Wildman–Crippen LogP) is 2.73. The summed E-state index contributed by atoms with van der Waals surface area (Å²) in [4.78, 5) is 25.7. The summed E-state index contributed by atoms with van der Waals surface area (Å²) in [5.41, 5.74) is 0.415. The Morgan fingerprint density at radius 1 is 1.31 bits per heavy atom. The highest BCUT2D eigenvalue weighted by Crippen LogP contribution is 2.42. The second kappa shape index (κ2) is 7.47. The molecule has 1 amide bonds. The van der Waals surface area contributed by atoms with Gasteiger partial charge in [0.15, 0.2) is 11.5 Å². The second-order valence-corrected chi connectivity index (χ2v) is 7.33. The molecule has 0 spiro atoms. The summed E-state index contributed by atoms with van der Waals surface area (Å²) in [6.45, 7) is 4.03. The third-order valence-electron chi connectivity index (χ3n) is 5.11. The second-order valence-electron chi connectivity index (χ2n) is 7.33. The van der Waals surface area contributed by atoms with Gasteiger partial charge in [-0.15, -0.1) is 8.78 Å². The number of ether oxygens (including phenoxy) is 2. The van der Waals surface area contributed by atoms with Gasteiger partial charge in [0.1, 0.15) is 5.56 Å². The molecular formula is C20H21F2N3O4. The maximum absolute atomic E-state index is 13.2. The highest BCUT2D eigenvalue weighted by molar-refractivity contribution is 6.05. The number of nitrogens with zero attached hydrogens (tertiary/aromatic N) is 1. The van der Waals surface area contributed by atoms with Crippen LogP contribution in [-0.4, -0.2) is 29.9 Å². The Hall–Kier alpha value is -2.94. The van der Waals surface area contributed by atoms with Gasteiger partial charge in [-0.2, -0.15) is 0 Å². The molecule has 2 aliphatic rings. The maximum Gasteiger partial charge on any atom is 0.586 e. The van der Waals surface area contributed by atoms with Gasteiger partial charge in [-0.25, -0.2) is 0 Å². The van der Waals surface area contributed by atoms with Crippen LogP contribution < -0.4 is 25.7 Å². The van der Waals surface area contributed by atoms with E-state index in [4.69, 9.17) is 0 Å². The number of benzene rings is 1. The molecule has 1 saturated heterocycles. The summed E-state index contributed by atoms with van der Waals surface area (Å²) in [6.07, 6.45) is 0.0485. The Balaban J connectivity index is 1.54. The van der Waals surface area contributed by atoms with E-state index in [9.17, 15) is 18.4 Å². The van der Waals surface area contributed by atoms with Crippen LogP contribution in [0.4, 0.5) is 14.5 Å². The number of nitrogens with one attached hydrogen (secondary N) is 2. The summed E-state index contributed by atoms with van der Waals surface area (Å²) in [5, 5.41) is 5.89. The lowest BCUT2D eigenvalue weighted by molar-refractivity contribution is -0.286. The molecule has 1 unspecified atom stereocenters. The van der Waals surface area contributed by atoms with Crippen LogP contribution in [0.25, 0.3) is 0 Å². The van der Waals surface area contributed by atoms with Crippen LogP contribution in [-0.2, 0) is 6.54 Å². The number of piperidine rings is 1. The van der Waals surface area contributed by atoms with Gasteiger partial charge in [0.05, 0.1) is 0 Å². The number of carbonyl (C=O) groups is 1. The molecule has 4 rings (SSSR count). The van der Waals surface area contributed by atoms with E-state index in [1.165, 1.54) is 18.2 Å². The molecular weight excluding hydrogens is 384 g/mol. The predicted molar refractivity (Wildman–Crippen MR) is 102 cm³/mol. The van der Waals surface area contributed by atoms with Gasteiger partial charge in [0.25, 0.3) is 11.5 Å². The first-order valence-electron chi connectivity index (χ1n) is 9.44. The number of halogens is 2. The largest absolute Gasteiger partial charge is 0.586 e. The zero-order chi connectivity index (χ0) is 20.6. The van der Waals surface area contributed by atoms with Crippen molar-refractivity contribution >= 4 is 11.6 Å². The van der Waals surface area contributed by atoms with Gasteiger partial charge < -0.3 is 24.7 Å². The van der Waals surface area contributed by atoms with Crippen LogP contribution in [0, 0.1) is 12.8 Å². The molecule has 2 N–H and O–H groups in total. The van der Waals surface area contributed by atoms with Crippen LogP contribution in [0.1, 0.15) is 28.8 Å². The van der Waals surface area contributed by atoms with Gasteiger partial charge >= 0.3 is 6.29 Å². The van der Waals surface area contributed by atoms with Crippen LogP contribution >= 0.6 is 0 Å². The summed E-state index contributed by atoms with van der Waals surface area (Å²) >= 11 is 0. The zero-order valence-corrected chi connectivity index (χ0v) is 15.8. The highest BCUT2D eigenvalue weighted by atomic mass is 19.3. The number of aryl methyl sites for hydroxylation is 1. The van der Waals surface area contributed by atoms with Crippen LogP contribution in [0.5, 0.6) is 11.5 Å². The fourth-order valence-electron chi connectivity index (χ4n) is 3.66. The molecule has 1 fully saturated rings. The van der Waals surface area contributed by atoms with E-state index in [1.807, 2.05) is 0 Å². The lowest BCUT2D eigenvalue weighted by Gasteiger charge is -2.23. The third-order valence-corrected chi connectivity index (χ3v) is 5.11. The van der Waals surface area contributed by atoms with Gasteiger partial charge in [-0.05, 0) is 62.5 Å². The molecule has 0 radical (unpaired) electrons. The topological polar surface area (TPSA) is 81.6 Å². The van der Waals surface area contributed by atoms with Crippen molar-refractivity contribution in [3.8, 4) is 11.5 Å². The SMILES string of the molecule is Cc1ccn(CC2CCCNC2)c(=O)c1C(=O)Nc1ccc2c(c1)OC(F)(F)O2. The lowest BCUT2D eigenvalue weighted by atomic mass is 9.99. The van der Waals surface area contributed by atoms with Crippen LogP contribution in [0.2, 0.25) is 0 Å². The van der Waals surface area contributed by atoms with E-state index in [0.29, 0.717) is 18.0 Å². The van der Waals surface area contributed by atoms with Crippen molar-refractivity contribution < 1.29 is 23.0 Å². The molecule has 2 aliphatic heterocycles. The molecule has 9 heteroatoms. The fraction of sp³-hybridized carbons (Fsp3) is 0.400. The number of alkyl halides is 2. The summed E-state index contributed by atoms with van der Waals surface area (Å²) in [6, 6.07) is 5.65. The summed E-state index contributed by atoms with van der Waals surface area (Å²) in [5.74, 6) is -0.572. The van der Waals surface area contributed by atoms with E-state index in [0.717, 1.165) is 25.9 Å². The van der Waals surface area contributed by atoms with E-state index in [1.54, 1.807) is 23.8 Å². The van der Waals surface area contributed by atoms with Gasteiger partial charge in [0.2, 0.25) is 0 Å². The Labute approximate surface area is 165 Å². The number of anilines is 1. The Morgan fingerprint density at radius 3 is 2.86 bits per heavy atom. The molecule has 29 heavy (non-hydrogen) atoms. The van der Waals surface area contributed by atoms with Crippen molar-refractivity contribution in [1.82, 2.24) is 9.88 Å². The monoisotopic (exact) mass is 405 g/mol. The third kappa shape index (κ3) is 4.09. The molecule has 0 saturated carbocycles. The fourth-order valence-corrected chi connectivity index (χ4v) is 3.66. The number of hydrogen-bond donors (Lipinski definition) is 2. The first-order valence-corrected chi connectivity index (χ1v) is 9.44. The first-order chi connectivity index (χ1) is 13.8. The van der Waals surface area contributed by atoms with Crippen molar-refractivity contribution in [3.63, 3.8) is 0 Å². The first kappa shape index (κ1) is 19.4. The average Bonchev–Trinajstić information content (AvgIpc) is 2.98. The molecule has 1 aromatic heterocycles. The molecule has 2 aromatic rings. The Kier molecular flexibility index (Phi) is 4.99. The minimum Gasteiger partial charge on any atom is -0.395 e. The average molecular weight is 405 g/mol. The van der Waals surface area contributed by atoms with Crippen molar-refractivity contribution in [2.45, 2.75) is 32.6 Å². The lowest BCUT2D eigenvalue weighted by Crippen LogP contribution is -2.36. The van der Waals surface area contributed by atoms with Gasteiger partial charge in [-0.3, -0.25) is 9.59 Å². The van der Waals surface area contributed by atoms with Gasteiger partial charge in [-0.1, -0.05) is 0 Å². The Bertz CT molecular complexity index is 1000. The smallest absolute Gasteiger partial charge is 0.395 e. The highest BCUT2D eigenvalue weighted by Gasteiger charge is 2.43. The number of aromatic nitrogens is 1. The van der Waals surface area contributed by atoms with E-state index < -0.39 is 12.2 Å². The van der Waals surface area contributed by atoms with E-state index in [2.05, 4.69) is 20.1 Å². The summed E-state index contributed by atoms with van der Waals surface area (Å²) in [7, 11) is 0. The van der Waals surface area contributed by atoms with Crippen molar-refractivity contribution in [3.05, 3.63) is 51.9 Å². The number of hydrogen-bond acceptors (Lipinski definition) is 5. The minimum atomic E-state index is -3.73. The molecule has 7 nitrogen and oxygen atoms in total. The maximum atomic E-state index is 13.2. The molecule has 3 heterocycles. The Morgan fingerprint density at radius 2 is 2.10 bits per heavy atom. The standard InChI is InChI=1S/C20H21F2N3O4/c1-12-6-8-25(11-13-3-2-7-23-10-13)19(27)17(12)18(26)24-14-4-5-15-16(9-14)29-20(21,22)28-15/h4-6,8-9,13,23H,2-3,7,10-11H2,1H3,(H,24,26). The van der Waals surface area contributed by atoms with E-state index >= 15 is 0 Å². The normalized spacial score (nSPS) is 19.8. The number of fused-ring (bicyclic) bond motifs is 1. The van der Waals surface area contributed by atoms with Crippen molar-refractivity contribution in [2.24, 2.45) is 5.92 Å². The zero-order valence-electron chi connectivity index (χ0n) is 15.8. The quantitative estimate of drug-likeness (QED) is 0.818. The number of pyridine rings is 1. The molecule has 0 aliphatic carbocycles. The number of rotatable bonds is 4. The summed E-state index contributed by atoms with van der Waals surface area (Å²) < 4.78 is 36.6.